The van der Waals surface area contributed by atoms with Crippen molar-refractivity contribution < 1.29 is 33.2 Å². The highest BCUT2D eigenvalue weighted by Gasteiger charge is 2.29. The molecule has 0 saturated carbocycles. The number of para-hydroxylation sites is 1. The SMILES string of the molecule is COc1cccc(OC)c1-n1c(C(=O)NS(=O)(=O)Cc2ncccn2)nnc1-c1ccc(F)c(OC)n1.[HH]. The molecule has 194 valence electrons. The molecule has 0 unspecified atom stereocenters. The van der Waals surface area contributed by atoms with Crippen LogP contribution in [0.25, 0.3) is 17.2 Å². The van der Waals surface area contributed by atoms with Crippen LogP contribution in [-0.2, 0) is 15.8 Å². The number of pyridine rings is 1. The van der Waals surface area contributed by atoms with Crippen molar-refractivity contribution in [2.24, 2.45) is 0 Å². The second-order valence-electron chi connectivity index (χ2n) is 7.24. The van der Waals surface area contributed by atoms with Crippen molar-refractivity contribution >= 4 is 15.9 Å². The van der Waals surface area contributed by atoms with Crippen LogP contribution in [0.5, 0.6) is 17.4 Å². The number of hydrogen-bond donors (Lipinski definition) is 1. The summed E-state index contributed by atoms with van der Waals surface area (Å²) in [4.78, 5) is 25.0. The lowest BCUT2D eigenvalue weighted by atomic mass is 10.2. The Morgan fingerprint density at radius 1 is 1.00 bits per heavy atom. The Balaban J connectivity index is 0.00000400. The lowest BCUT2D eigenvalue weighted by molar-refractivity contribution is 0.0969. The molecule has 3 heterocycles. The number of aromatic nitrogens is 6. The summed E-state index contributed by atoms with van der Waals surface area (Å²) in [5.74, 6) is -2.84. The zero-order valence-corrected chi connectivity index (χ0v) is 20.6. The average molecular weight is 532 g/mol. The van der Waals surface area contributed by atoms with Gasteiger partial charge in [0.1, 0.15) is 34.5 Å². The van der Waals surface area contributed by atoms with Gasteiger partial charge in [-0.2, -0.15) is 0 Å². The highest BCUT2D eigenvalue weighted by molar-refractivity contribution is 7.89. The van der Waals surface area contributed by atoms with Crippen molar-refractivity contribution in [2.45, 2.75) is 5.75 Å². The molecule has 15 heteroatoms. The van der Waals surface area contributed by atoms with Crippen molar-refractivity contribution in [2.75, 3.05) is 21.3 Å². The van der Waals surface area contributed by atoms with Crippen LogP contribution in [0.4, 0.5) is 4.39 Å². The van der Waals surface area contributed by atoms with Crippen LogP contribution in [-0.4, -0.2) is 65.4 Å². The number of carbonyl (C=O) groups is 1. The lowest BCUT2D eigenvalue weighted by Gasteiger charge is -2.17. The van der Waals surface area contributed by atoms with Gasteiger partial charge in [-0.15, -0.1) is 10.2 Å². The minimum absolute atomic E-state index is 0. The molecule has 0 radical (unpaired) electrons. The van der Waals surface area contributed by atoms with Crippen molar-refractivity contribution in [3.63, 3.8) is 0 Å². The zero-order valence-electron chi connectivity index (χ0n) is 19.7. The predicted molar refractivity (Wildman–Crippen MR) is 128 cm³/mol. The summed E-state index contributed by atoms with van der Waals surface area (Å²) < 4.78 is 58.4. The molecule has 0 bridgehead atoms. The van der Waals surface area contributed by atoms with Gasteiger partial charge in [0.25, 0.3) is 5.88 Å². The topological polar surface area (TPSA) is 160 Å². The Kier molecular flexibility index (Phi) is 7.24. The van der Waals surface area contributed by atoms with Crippen LogP contribution < -0.4 is 18.9 Å². The van der Waals surface area contributed by atoms with Gasteiger partial charge in [-0.05, 0) is 30.3 Å². The molecule has 0 atom stereocenters. The highest BCUT2D eigenvalue weighted by Crippen LogP contribution is 2.36. The second kappa shape index (κ2) is 10.5. The van der Waals surface area contributed by atoms with Gasteiger partial charge in [-0.25, -0.2) is 32.5 Å². The number of hydrogen-bond acceptors (Lipinski definition) is 11. The standard InChI is InChI=1S/C22H20FN7O6S.H2/c1-34-15-6-4-7-16(35-2)18(15)30-19(14-9-8-13(23)22(26-14)36-3)27-28-20(30)21(31)29-37(32,33)12-17-24-10-5-11-25-17;/h4-11H,12H2,1-3H3,(H,29,31);1H. The predicted octanol–water partition coefficient (Wildman–Crippen LogP) is 1.79. The highest BCUT2D eigenvalue weighted by atomic mass is 32.2. The summed E-state index contributed by atoms with van der Waals surface area (Å²) in [6.45, 7) is 0. The Labute approximate surface area is 211 Å². The molecule has 0 spiro atoms. The van der Waals surface area contributed by atoms with Crippen LogP contribution in [0.15, 0.2) is 48.8 Å². The average Bonchev–Trinajstić information content (AvgIpc) is 3.33. The zero-order chi connectivity index (χ0) is 26.6. The Morgan fingerprint density at radius 2 is 1.68 bits per heavy atom. The summed E-state index contributed by atoms with van der Waals surface area (Å²) in [6.07, 6.45) is 2.75. The molecule has 1 amide bonds. The van der Waals surface area contributed by atoms with E-state index in [0.29, 0.717) is 0 Å². The minimum Gasteiger partial charge on any atom is -0.494 e. The van der Waals surface area contributed by atoms with E-state index in [4.69, 9.17) is 14.2 Å². The van der Waals surface area contributed by atoms with E-state index in [1.165, 1.54) is 50.4 Å². The van der Waals surface area contributed by atoms with Gasteiger partial charge in [0.15, 0.2) is 11.6 Å². The third-order valence-corrected chi connectivity index (χ3v) is 6.05. The van der Waals surface area contributed by atoms with Crippen molar-refractivity contribution in [1.82, 2.24) is 34.4 Å². The first-order valence-electron chi connectivity index (χ1n) is 10.5. The number of nitrogens with zero attached hydrogens (tertiary/aromatic N) is 6. The fourth-order valence-electron chi connectivity index (χ4n) is 3.35. The van der Waals surface area contributed by atoms with E-state index in [1.807, 2.05) is 4.72 Å². The smallest absolute Gasteiger partial charge is 0.303 e. The molecule has 37 heavy (non-hydrogen) atoms. The molecule has 1 aromatic carbocycles. The third kappa shape index (κ3) is 5.30. The molecule has 3 aromatic heterocycles. The van der Waals surface area contributed by atoms with Crippen molar-refractivity contribution in [3.05, 3.63) is 66.3 Å². The third-order valence-electron chi connectivity index (χ3n) is 4.91. The normalized spacial score (nSPS) is 11.1. The van der Waals surface area contributed by atoms with E-state index < -0.39 is 33.3 Å². The summed E-state index contributed by atoms with van der Waals surface area (Å²) >= 11 is 0. The second-order valence-corrected chi connectivity index (χ2v) is 8.96. The van der Waals surface area contributed by atoms with Crippen LogP contribution >= 0.6 is 0 Å². The largest absolute Gasteiger partial charge is 0.494 e. The number of ether oxygens (including phenoxy) is 3. The van der Waals surface area contributed by atoms with Gasteiger partial charge < -0.3 is 14.2 Å². The quantitative estimate of drug-likeness (QED) is 0.335. The first kappa shape index (κ1) is 25.4. The van der Waals surface area contributed by atoms with E-state index in [-0.39, 0.29) is 41.8 Å². The van der Waals surface area contributed by atoms with Crippen LogP contribution in [0.3, 0.4) is 0 Å². The van der Waals surface area contributed by atoms with Gasteiger partial charge in [0, 0.05) is 13.8 Å². The molecule has 1 N–H and O–H groups in total. The summed E-state index contributed by atoms with van der Waals surface area (Å²) in [5.41, 5.74) is 0.241. The number of rotatable bonds is 9. The number of nitrogens with one attached hydrogen (secondary N) is 1. The van der Waals surface area contributed by atoms with E-state index in [0.717, 1.165) is 6.07 Å². The van der Waals surface area contributed by atoms with Gasteiger partial charge in [-0.3, -0.25) is 9.36 Å². The summed E-state index contributed by atoms with van der Waals surface area (Å²) in [5, 5.41) is 7.94. The Morgan fingerprint density at radius 3 is 2.30 bits per heavy atom. The van der Waals surface area contributed by atoms with Gasteiger partial charge in [0.2, 0.25) is 15.8 Å². The summed E-state index contributed by atoms with van der Waals surface area (Å²) in [6, 6.07) is 8.75. The fourth-order valence-corrected chi connectivity index (χ4v) is 4.28. The molecule has 13 nitrogen and oxygen atoms in total. The van der Waals surface area contributed by atoms with E-state index >= 15 is 0 Å². The number of amides is 1. The molecule has 0 saturated heterocycles. The van der Waals surface area contributed by atoms with E-state index in [9.17, 15) is 17.6 Å². The van der Waals surface area contributed by atoms with Crippen molar-refractivity contribution in [3.8, 4) is 34.6 Å². The number of halogens is 1. The first-order chi connectivity index (χ1) is 17.8. The Hall–Kier alpha value is -4.66. The fraction of sp³-hybridized carbons (Fsp3) is 0.182. The maximum atomic E-state index is 14.0. The lowest BCUT2D eigenvalue weighted by Crippen LogP contribution is -2.34. The first-order valence-corrected chi connectivity index (χ1v) is 12.1. The number of carbonyl (C=O) groups excluding carboxylic acids is 1. The number of benzene rings is 1. The van der Waals surface area contributed by atoms with Crippen molar-refractivity contribution in [1.29, 1.82) is 0 Å². The molecular weight excluding hydrogens is 509 g/mol. The van der Waals surface area contributed by atoms with E-state index in [2.05, 4.69) is 25.1 Å². The Bertz CT molecular complexity index is 1530. The maximum Gasteiger partial charge on any atom is 0.303 e. The molecular formula is C22H22FN7O6S. The number of methoxy groups -OCH3 is 3. The van der Waals surface area contributed by atoms with Crippen LogP contribution in [0.1, 0.15) is 17.9 Å². The minimum atomic E-state index is -4.24. The molecule has 0 aliphatic rings. The van der Waals surface area contributed by atoms with Crippen LogP contribution in [0.2, 0.25) is 0 Å². The van der Waals surface area contributed by atoms with E-state index in [1.54, 1.807) is 18.2 Å². The monoisotopic (exact) mass is 531 g/mol. The van der Waals surface area contributed by atoms with Gasteiger partial charge in [-0.1, -0.05) is 6.07 Å². The van der Waals surface area contributed by atoms with Crippen LogP contribution in [0, 0.1) is 5.82 Å². The molecule has 4 rings (SSSR count). The molecule has 0 fully saturated rings. The van der Waals surface area contributed by atoms with Gasteiger partial charge in [0.05, 0.1) is 21.3 Å². The maximum absolute atomic E-state index is 14.0. The molecule has 4 aromatic rings. The molecule has 0 aliphatic carbocycles. The molecule has 0 aliphatic heterocycles. The van der Waals surface area contributed by atoms with Gasteiger partial charge >= 0.3 is 5.91 Å². The summed E-state index contributed by atoms with van der Waals surface area (Å²) in [7, 11) is -0.209. The number of sulfonamides is 1.